The summed E-state index contributed by atoms with van der Waals surface area (Å²) in [4.78, 5) is 24.1. The highest BCUT2D eigenvalue weighted by molar-refractivity contribution is 5.96. The normalized spacial score (nSPS) is 10.7. The highest BCUT2D eigenvalue weighted by atomic mass is 16.5. The van der Waals surface area contributed by atoms with Crippen LogP contribution in [0.1, 0.15) is 15.9 Å². The summed E-state index contributed by atoms with van der Waals surface area (Å²) in [5.74, 6) is -1.09. The molecule has 7 nitrogen and oxygen atoms in total. The van der Waals surface area contributed by atoms with E-state index in [-0.39, 0.29) is 23.6 Å². The Labute approximate surface area is 136 Å². The van der Waals surface area contributed by atoms with Crippen molar-refractivity contribution in [1.82, 2.24) is 10.0 Å². The van der Waals surface area contributed by atoms with Crippen molar-refractivity contribution >= 4 is 16.8 Å². The Morgan fingerprint density at radius 3 is 2.42 bits per heavy atom. The number of nitrogens with zero attached hydrogens (tertiary/aromatic N) is 1. The van der Waals surface area contributed by atoms with E-state index in [1.807, 2.05) is 0 Å². The van der Waals surface area contributed by atoms with Crippen LogP contribution in [0, 0.1) is 0 Å². The average molecular weight is 326 g/mol. The molecule has 0 radical (unpaired) electrons. The van der Waals surface area contributed by atoms with Gasteiger partial charge in [-0.1, -0.05) is 12.1 Å². The summed E-state index contributed by atoms with van der Waals surface area (Å²) in [5.41, 5.74) is 1.93. The number of aromatic hydroxyl groups is 2. The molecule has 0 aliphatic rings. The lowest BCUT2D eigenvalue weighted by atomic mass is 10.1. The molecule has 7 heteroatoms. The average Bonchev–Trinajstić information content (AvgIpc) is 2.56. The lowest BCUT2D eigenvalue weighted by Crippen LogP contribution is -2.27. The number of aromatic nitrogens is 1. The Morgan fingerprint density at radius 1 is 1.08 bits per heavy atom. The van der Waals surface area contributed by atoms with Gasteiger partial charge in [0.1, 0.15) is 17.1 Å². The van der Waals surface area contributed by atoms with Crippen LogP contribution in [0.5, 0.6) is 11.5 Å². The van der Waals surface area contributed by atoms with E-state index in [0.717, 1.165) is 0 Å². The topological polar surface area (TPSA) is 112 Å². The highest BCUT2D eigenvalue weighted by Gasteiger charge is 2.15. The number of amides is 1. The van der Waals surface area contributed by atoms with Crippen molar-refractivity contribution in [2.24, 2.45) is 0 Å². The van der Waals surface area contributed by atoms with Crippen LogP contribution in [0.3, 0.4) is 0 Å². The zero-order valence-corrected chi connectivity index (χ0v) is 12.4. The minimum absolute atomic E-state index is 0.0938. The molecular formula is C17H14N2O5. The largest absolute Gasteiger partial charge is 0.508 e. The van der Waals surface area contributed by atoms with Gasteiger partial charge < -0.3 is 14.8 Å². The minimum atomic E-state index is -0.904. The van der Waals surface area contributed by atoms with E-state index >= 15 is 0 Å². The first-order chi connectivity index (χ1) is 11.5. The van der Waals surface area contributed by atoms with Crippen LogP contribution in [0.2, 0.25) is 0 Å². The molecule has 24 heavy (non-hydrogen) atoms. The van der Waals surface area contributed by atoms with Crippen molar-refractivity contribution in [3.05, 3.63) is 70.0 Å². The summed E-state index contributed by atoms with van der Waals surface area (Å²) in [7, 11) is 0. The van der Waals surface area contributed by atoms with Gasteiger partial charge in [-0.15, -0.1) is 0 Å². The molecule has 1 aromatic heterocycles. The summed E-state index contributed by atoms with van der Waals surface area (Å²) in [6.07, 6.45) is 1.33. The number of phenols is 2. The van der Waals surface area contributed by atoms with Crippen LogP contribution < -0.4 is 10.9 Å². The Balaban J connectivity index is 2.21. The number of pyridine rings is 1. The number of carbonyl (C=O) groups is 1. The molecule has 4 N–H and O–H groups in total. The third-order valence-corrected chi connectivity index (χ3v) is 3.65. The van der Waals surface area contributed by atoms with Gasteiger partial charge in [0.2, 0.25) is 5.43 Å². The monoisotopic (exact) mass is 326 g/mol. The fraction of sp³-hybridized carbons (Fsp3) is 0.0588. The van der Waals surface area contributed by atoms with E-state index in [4.69, 9.17) is 5.21 Å². The summed E-state index contributed by atoms with van der Waals surface area (Å²) in [5, 5.41) is 28.3. The molecule has 1 heterocycles. The van der Waals surface area contributed by atoms with E-state index in [1.54, 1.807) is 28.8 Å². The van der Waals surface area contributed by atoms with E-state index < -0.39 is 11.3 Å². The molecular weight excluding hydrogens is 312 g/mol. The predicted molar refractivity (Wildman–Crippen MR) is 86.3 cm³/mol. The van der Waals surface area contributed by atoms with E-state index in [2.05, 4.69) is 0 Å². The Hall–Kier alpha value is -3.32. The molecule has 3 aromatic rings. The van der Waals surface area contributed by atoms with Crippen molar-refractivity contribution in [3.63, 3.8) is 0 Å². The lowest BCUT2D eigenvalue weighted by Gasteiger charge is -2.13. The molecule has 0 spiro atoms. The van der Waals surface area contributed by atoms with Crippen molar-refractivity contribution in [3.8, 4) is 11.5 Å². The molecule has 0 aliphatic carbocycles. The molecule has 0 atom stereocenters. The van der Waals surface area contributed by atoms with Crippen LogP contribution in [0.4, 0.5) is 0 Å². The second-order valence-electron chi connectivity index (χ2n) is 5.32. The SMILES string of the molecule is O=C(NO)c1cn(Cc2cc(O)cc(O)c2)c2ccccc2c1=O. The Bertz CT molecular complexity index is 974. The summed E-state index contributed by atoms with van der Waals surface area (Å²) in [6, 6.07) is 10.9. The third-order valence-electron chi connectivity index (χ3n) is 3.65. The molecule has 1 amide bonds. The first kappa shape index (κ1) is 15.6. The molecule has 0 aliphatic heterocycles. The van der Waals surface area contributed by atoms with Gasteiger partial charge in [0.05, 0.1) is 5.52 Å². The van der Waals surface area contributed by atoms with Crippen molar-refractivity contribution < 1.29 is 20.2 Å². The highest BCUT2D eigenvalue weighted by Crippen LogP contribution is 2.22. The lowest BCUT2D eigenvalue weighted by molar-refractivity contribution is 0.0704. The Morgan fingerprint density at radius 2 is 1.75 bits per heavy atom. The molecule has 122 valence electrons. The van der Waals surface area contributed by atoms with Crippen LogP contribution in [0.25, 0.3) is 10.9 Å². The molecule has 2 aromatic carbocycles. The second-order valence-corrected chi connectivity index (χ2v) is 5.32. The maximum Gasteiger partial charge on any atom is 0.280 e. The number of carbonyl (C=O) groups excluding carboxylic acids is 1. The summed E-state index contributed by atoms with van der Waals surface area (Å²) in [6.45, 7) is 0.203. The van der Waals surface area contributed by atoms with Crippen molar-refractivity contribution in [2.45, 2.75) is 6.54 Å². The van der Waals surface area contributed by atoms with Gasteiger partial charge in [-0.25, -0.2) is 5.48 Å². The number of hydroxylamine groups is 1. The van der Waals surface area contributed by atoms with Crippen LogP contribution in [-0.2, 0) is 6.54 Å². The number of benzene rings is 2. The minimum Gasteiger partial charge on any atom is -0.508 e. The number of nitrogens with one attached hydrogen (secondary N) is 1. The Kier molecular flexibility index (Phi) is 3.93. The number of hydrogen-bond donors (Lipinski definition) is 4. The fourth-order valence-corrected chi connectivity index (χ4v) is 2.64. The van der Waals surface area contributed by atoms with Gasteiger partial charge in [-0.05, 0) is 29.8 Å². The van der Waals surface area contributed by atoms with Gasteiger partial charge in [-0.3, -0.25) is 14.8 Å². The number of phenolic OH excluding ortho intramolecular Hbond substituents is 2. The van der Waals surface area contributed by atoms with Crippen molar-refractivity contribution in [2.75, 3.05) is 0 Å². The predicted octanol–water partition coefficient (Wildman–Crippen LogP) is 1.58. The first-order valence-electron chi connectivity index (χ1n) is 7.08. The molecule has 0 bridgehead atoms. The van der Waals surface area contributed by atoms with Crippen molar-refractivity contribution in [1.29, 1.82) is 0 Å². The van der Waals surface area contributed by atoms with E-state index in [9.17, 15) is 19.8 Å². The van der Waals surface area contributed by atoms with Crippen LogP contribution in [-0.4, -0.2) is 25.9 Å². The molecule has 0 saturated carbocycles. The van der Waals surface area contributed by atoms with Crippen LogP contribution >= 0.6 is 0 Å². The zero-order chi connectivity index (χ0) is 17.3. The quantitative estimate of drug-likeness (QED) is 0.431. The zero-order valence-electron chi connectivity index (χ0n) is 12.4. The molecule has 3 rings (SSSR count). The van der Waals surface area contributed by atoms with Gasteiger partial charge in [0.15, 0.2) is 0 Å². The number of para-hydroxylation sites is 1. The van der Waals surface area contributed by atoms with Gasteiger partial charge >= 0.3 is 0 Å². The molecule has 0 saturated heterocycles. The van der Waals surface area contributed by atoms with Gasteiger partial charge in [0, 0.05) is 24.2 Å². The standard InChI is InChI=1S/C17H14N2O5/c20-11-5-10(6-12(21)7-11)8-19-9-14(17(23)18-24)16(22)13-3-1-2-4-15(13)19/h1-7,9,20-21,24H,8H2,(H,18,23). The molecule has 0 unspecified atom stereocenters. The third kappa shape index (κ3) is 2.80. The number of fused-ring (bicyclic) bond motifs is 1. The summed E-state index contributed by atoms with van der Waals surface area (Å²) < 4.78 is 1.63. The van der Waals surface area contributed by atoms with E-state index in [0.29, 0.717) is 16.5 Å². The first-order valence-corrected chi connectivity index (χ1v) is 7.08. The van der Waals surface area contributed by atoms with E-state index in [1.165, 1.54) is 29.9 Å². The fourth-order valence-electron chi connectivity index (χ4n) is 2.64. The number of hydrogen-bond acceptors (Lipinski definition) is 5. The van der Waals surface area contributed by atoms with Gasteiger partial charge in [-0.2, -0.15) is 0 Å². The smallest absolute Gasteiger partial charge is 0.280 e. The maximum atomic E-state index is 12.4. The second kappa shape index (κ2) is 6.05. The van der Waals surface area contributed by atoms with Gasteiger partial charge in [0.25, 0.3) is 5.91 Å². The molecule has 0 fully saturated rings. The van der Waals surface area contributed by atoms with Crippen LogP contribution in [0.15, 0.2) is 53.5 Å². The number of rotatable bonds is 3. The summed E-state index contributed by atoms with van der Waals surface area (Å²) >= 11 is 0. The maximum absolute atomic E-state index is 12.4.